The first kappa shape index (κ1) is 14.2. The van der Waals surface area contributed by atoms with E-state index in [1.807, 2.05) is 12.1 Å². The SMILES string of the molecule is N#Cc1cc(N)ccc1N1CCN(CCOC=O)CC1. The molecule has 1 fully saturated rings. The number of hydrogen-bond acceptors (Lipinski definition) is 6. The molecular formula is C14H18N4O2. The molecule has 6 nitrogen and oxygen atoms in total. The molecule has 1 saturated heterocycles. The zero-order valence-electron chi connectivity index (χ0n) is 11.3. The summed E-state index contributed by atoms with van der Waals surface area (Å²) in [5.74, 6) is 0. The topological polar surface area (TPSA) is 82.6 Å². The van der Waals surface area contributed by atoms with Crippen molar-refractivity contribution in [2.75, 3.05) is 50.0 Å². The fourth-order valence-electron chi connectivity index (χ4n) is 2.36. The molecule has 1 heterocycles. The Morgan fingerprint density at radius 3 is 2.75 bits per heavy atom. The maximum Gasteiger partial charge on any atom is 0.293 e. The fraction of sp³-hybridized carbons (Fsp3) is 0.429. The van der Waals surface area contributed by atoms with Crippen molar-refractivity contribution >= 4 is 17.8 Å². The van der Waals surface area contributed by atoms with E-state index in [2.05, 4.69) is 15.9 Å². The van der Waals surface area contributed by atoms with Crippen LogP contribution in [0, 0.1) is 11.3 Å². The number of piperazine rings is 1. The molecule has 6 heteroatoms. The molecule has 1 aromatic rings. The molecule has 0 atom stereocenters. The van der Waals surface area contributed by atoms with Crippen LogP contribution in [-0.2, 0) is 9.53 Å². The first-order valence-corrected chi connectivity index (χ1v) is 6.57. The highest BCUT2D eigenvalue weighted by Gasteiger charge is 2.19. The fourth-order valence-corrected chi connectivity index (χ4v) is 2.36. The summed E-state index contributed by atoms with van der Waals surface area (Å²) < 4.78 is 4.70. The zero-order chi connectivity index (χ0) is 14.4. The van der Waals surface area contributed by atoms with Crippen LogP contribution in [0.4, 0.5) is 11.4 Å². The summed E-state index contributed by atoms with van der Waals surface area (Å²) in [4.78, 5) is 14.5. The molecule has 0 aliphatic carbocycles. The van der Waals surface area contributed by atoms with Gasteiger partial charge >= 0.3 is 0 Å². The lowest BCUT2D eigenvalue weighted by molar-refractivity contribution is -0.129. The molecule has 1 aliphatic rings. The minimum absolute atomic E-state index is 0.425. The number of nitriles is 1. The van der Waals surface area contributed by atoms with E-state index < -0.39 is 0 Å². The second kappa shape index (κ2) is 6.78. The van der Waals surface area contributed by atoms with Crippen molar-refractivity contribution in [2.24, 2.45) is 0 Å². The molecule has 0 amide bonds. The number of benzene rings is 1. The van der Waals surface area contributed by atoms with Crippen molar-refractivity contribution in [2.45, 2.75) is 0 Å². The van der Waals surface area contributed by atoms with Gasteiger partial charge in [-0.05, 0) is 18.2 Å². The summed E-state index contributed by atoms with van der Waals surface area (Å²) in [6, 6.07) is 7.62. The molecule has 2 rings (SSSR count). The van der Waals surface area contributed by atoms with Gasteiger partial charge in [-0.15, -0.1) is 0 Å². The Kier molecular flexibility index (Phi) is 4.80. The molecule has 20 heavy (non-hydrogen) atoms. The summed E-state index contributed by atoms with van der Waals surface area (Å²) in [7, 11) is 0. The third-order valence-corrected chi connectivity index (χ3v) is 3.45. The molecule has 0 radical (unpaired) electrons. The maximum atomic E-state index is 10.1. The van der Waals surface area contributed by atoms with E-state index in [-0.39, 0.29) is 0 Å². The van der Waals surface area contributed by atoms with E-state index in [0.29, 0.717) is 24.3 Å². The zero-order valence-corrected chi connectivity index (χ0v) is 11.3. The van der Waals surface area contributed by atoms with Gasteiger partial charge in [0.25, 0.3) is 6.47 Å². The number of hydrogen-bond donors (Lipinski definition) is 1. The summed E-state index contributed by atoms with van der Waals surface area (Å²) >= 11 is 0. The Labute approximate surface area is 118 Å². The quantitative estimate of drug-likeness (QED) is 0.476. The van der Waals surface area contributed by atoms with E-state index in [1.54, 1.807) is 6.07 Å². The maximum absolute atomic E-state index is 10.1. The Morgan fingerprint density at radius 1 is 1.35 bits per heavy atom. The smallest absolute Gasteiger partial charge is 0.293 e. The average Bonchev–Trinajstić information content (AvgIpc) is 2.48. The minimum atomic E-state index is 0.425. The van der Waals surface area contributed by atoms with Crippen molar-refractivity contribution < 1.29 is 9.53 Å². The summed E-state index contributed by atoms with van der Waals surface area (Å²) in [5.41, 5.74) is 7.86. The number of anilines is 2. The summed E-state index contributed by atoms with van der Waals surface area (Å²) in [6.45, 7) is 5.12. The van der Waals surface area contributed by atoms with Gasteiger partial charge in [-0.2, -0.15) is 5.26 Å². The van der Waals surface area contributed by atoms with Gasteiger partial charge in [-0.3, -0.25) is 9.69 Å². The van der Waals surface area contributed by atoms with Crippen molar-refractivity contribution in [1.29, 1.82) is 5.26 Å². The van der Waals surface area contributed by atoms with Crippen molar-refractivity contribution in [1.82, 2.24) is 4.90 Å². The van der Waals surface area contributed by atoms with Crippen LogP contribution in [0.15, 0.2) is 18.2 Å². The average molecular weight is 274 g/mol. The van der Waals surface area contributed by atoms with E-state index in [4.69, 9.17) is 10.5 Å². The van der Waals surface area contributed by atoms with Gasteiger partial charge < -0.3 is 15.4 Å². The Balaban J connectivity index is 1.94. The molecule has 0 saturated carbocycles. The summed E-state index contributed by atoms with van der Waals surface area (Å²) in [5, 5.41) is 9.18. The normalized spacial score (nSPS) is 15.7. The molecule has 0 aromatic heterocycles. The van der Waals surface area contributed by atoms with Crippen molar-refractivity contribution in [3.63, 3.8) is 0 Å². The van der Waals surface area contributed by atoms with Gasteiger partial charge in [-0.1, -0.05) is 0 Å². The van der Waals surface area contributed by atoms with E-state index in [9.17, 15) is 10.1 Å². The Hall–Kier alpha value is -2.26. The molecule has 2 N–H and O–H groups in total. The molecule has 1 aliphatic heterocycles. The lowest BCUT2D eigenvalue weighted by atomic mass is 10.1. The molecule has 0 spiro atoms. The monoisotopic (exact) mass is 274 g/mol. The van der Waals surface area contributed by atoms with Gasteiger partial charge in [0.2, 0.25) is 0 Å². The largest absolute Gasteiger partial charge is 0.467 e. The highest BCUT2D eigenvalue weighted by molar-refractivity contribution is 5.64. The second-order valence-corrected chi connectivity index (χ2v) is 4.68. The first-order chi connectivity index (χ1) is 9.74. The second-order valence-electron chi connectivity index (χ2n) is 4.68. The van der Waals surface area contributed by atoms with Crippen LogP contribution >= 0.6 is 0 Å². The molecule has 1 aromatic carbocycles. The third kappa shape index (κ3) is 3.39. The van der Waals surface area contributed by atoms with Gasteiger partial charge in [-0.25, -0.2) is 0 Å². The predicted molar refractivity (Wildman–Crippen MR) is 76.2 cm³/mol. The molecule has 0 unspecified atom stereocenters. The van der Waals surface area contributed by atoms with Crippen molar-refractivity contribution in [3.05, 3.63) is 23.8 Å². The molecular weight excluding hydrogens is 256 g/mol. The van der Waals surface area contributed by atoms with Crippen LogP contribution in [0.2, 0.25) is 0 Å². The van der Waals surface area contributed by atoms with Gasteiger partial charge in [0.1, 0.15) is 12.7 Å². The number of carbonyl (C=O) groups is 1. The number of rotatable bonds is 5. The highest BCUT2D eigenvalue weighted by atomic mass is 16.5. The first-order valence-electron chi connectivity index (χ1n) is 6.57. The Bertz CT molecular complexity index is 504. The number of nitrogen functional groups attached to an aromatic ring is 1. The lowest BCUT2D eigenvalue weighted by Gasteiger charge is -2.36. The summed E-state index contributed by atoms with van der Waals surface area (Å²) in [6.07, 6.45) is 0. The highest BCUT2D eigenvalue weighted by Crippen LogP contribution is 2.23. The van der Waals surface area contributed by atoms with E-state index >= 15 is 0 Å². The van der Waals surface area contributed by atoms with Gasteiger partial charge in [0, 0.05) is 38.4 Å². The van der Waals surface area contributed by atoms with Crippen LogP contribution in [0.25, 0.3) is 0 Å². The molecule has 0 bridgehead atoms. The third-order valence-electron chi connectivity index (χ3n) is 3.45. The van der Waals surface area contributed by atoms with Crippen LogP contribution in [-0.4, -0.2) is 50.7 Å². The number of carbonyl (C=O) groups excluding carboxylic acids is 1. The number of ether oxygens (including phenoxy) is 1. The van der Waals surface area contributed by atoms with Crippen LogP contribution in [0.1, 0.15) is 5.56 Å². The van der Waals surface area contributed by atoms with Crippen LogP contribution in [0.3, 0.4) is 0 Å². The Morgan fingerprint density at radius 2 is 2.10 bits per heavy atom. The van der Waals surface area contributed by atoms with Gasteiger partial charge in [0.15, 0.2) is 0 Å². The number of nitrogens with zero attached hydrogens (tertiary/aromatic N) is 3. The van der Waals surface area contributed by atoms with E-state index in [1.165, 1.54) is 0 Å². The number of nitrogens with two attached hydrogens (primary N) is 1. The van der Waals surface area contributed by atoms with Crippen LogP contribution in [0.5, 0.6) is 0 Å². The van der Waals surface area contributed by atoms with Crippen molar-refractivity contribution in [3.8, 4) is 6.07 Å². The van der Waals surface area contributed by atoms with Gasteiger partial charge in [0.05, 0.1) is 11.3 Å². The lowest BCUT2D eigenvalue weighted by Crippen LogP contribution is -2.47. The molecule has 106 valence electrons. The van der Waals surface area contributed by atoms with E-state index in [0.717, 1.165) is 38.4 Å². The predicted octanol–water partition coefficient (Wildman–Crippen LogP) is 0.435. The standard InChI is InChI=1S/C14H18N4O2/c15-10-12-9-13(16)1-2-14(12)18-5-3-17(4-6-18)7-8-20-11-19/h1-2,9,11H,3-8,16H2. The van der Waals surface area contributed by atoms with Crippen LogP contribution < -0.4 is 10.6 Å². The minimum Gasteiger partial charge on any atom is -0.467 e.